The number of para-hydroxylation sites is 2. The third kappa shape index (κ3) is 4.13. The Balaban J connectivity index is 1.23. The van der Waals surface area contributed by atoms with E-state index < -0.39 is 0 Å². The molecule has 0 aliphatic rings. The Morgan fingerprint density at radius 1 is 0.903 bits per heavy atom. The van der Waals surface area contributed by atoms with Crippen LogP contribution in [0, 0.1) is 0 Å². The van der Waals surface area contributed by atoms with Gasteiger partial charge in [0, 0.05) is 24.0 Å². The highest BCUT2D eigenvalue weighted by molar-refractivity contribution is 6.29. The van der Waals surface area contributed by atoms with Crippen molar-refractivity contribution in [3.63, 3.8) is 0 Å². The molecule has 0 bridgehead atoms. The summed E-state index contributed by atoms with van der Waals surface area (Å²) >= 11 is 5.92. The Labute approximate surface area is 184 Å². The second-order valence-electron chi connectivity index (χ2n) is 7.40. The molecule has 5 rings (SSSR count). The molecule has 152 valence electrons. The van der Waals surface area contributed by atoms with Gasteiger partial charge in [-0.2, -0.15) is 0 Å². The second kappa shape index (κ2) is 8.20. The lowest BCUT2D eigenvalue weighted by Gasteiger charge is -2.08. The van der Waals surface area contributed by atoms with Crippen LogP contribution in [0.3, 0.4) is 0 Å². The molecule has 0 unspecified atom stereocenters. The first-order valence-corrected chi connectivity index (χ1v) is 10.4. The molecule has 5 nitrogen and oxygen atoms in total. The molecule has 5 aromatic rings. The van der Waals surface area contributed by atoms with Gasteiger partial charge < -0.3 is 9.88 Å². The largest absolute Gasteiger partial charge is 0.348 e. The van der Waals surface area contributed by atoms with Crippen LogP contribution in [0.4, 0.5) is 0 Å². The SMILES string of the molecule is O=C(NCc1ccc(Cn2cnc3ccccc32)cc1)c1ccc2nc(Cl)ccc2c1. The van der Waals surface area contributed by atoms with E-state index in [4.69, 9.17) is 11.6 Å². The Morgan fingerprint density at radius 2 is 1.71 bits per heavy atom. The summed E-state index contributed by atoms with van der Waals surface area (Å²) in [5.41, 5.74) is 5.70. The number of fused-ring (bicyclic) bond motifs is 2. The van der Waals surface area contributed by atoms with E-state index in [2.05, 4.69) is 38.1 Å². The minimum atomic E-state index is -0.120. The minimum absolute atomic E-state index is 0.120. The van der Waals surface area contributed by atoms with E-state index in [1.54, 1.807) is 12.1 Å². The Bertz CT molecular complexity index is 1390. The number of pyridine rings is 1. The lowest BCUT2D eigenvalue weighted by molar-refractivity contribution is 0.0951. The molecule has 0 aliphatic carbocycles. The van der Waals surface area contributed by atoms with E-state index in [-0.39, 0.29) is 5.91 Å². The molecule has 1 amide bonds. The molecule has 1 N–H and O–H groups in total. The minimum Gasteiger partial charge on any atom is -0.348 e. The smallest absolute Gasteiger partial charge is 0.251 e. The number of halogens is 1. The van der Waals surface area contributed by atoms with Crippen molar-refractivity contribution in [3.8, 4) is 0 Å². The van der Waals surface area contributed by atoms with Crippen LogP contribution in [0.25, 0.3) is 21.9 Å². The lowest BCUT2D eigenvalue weighted by Crippen LogP contribution is -2.22. The van der Waals surface area contributed by atoms with E-state index in [1.165, 1.54) is 5.56 Å². The van der Waals surface area contributed by atoms with E-state index >= 15 is 0 Å². The van der Waals surface area contributed by atoms with E-state index in [9.17, 15) is 4.79 Å². The standard InChI is InChI=1S/C25H19ClN4O/c26-24-12-10-19-13-20(9-11-21(19)29-24)25(31)27-14-17-5-7-18(8-6-17)15-30-16-28-22-3-1-2-4-23(22)30/h1-13,16H,14-15H2,(H,27,31). The van der Waals surface area contributed by atoms with E-state index in [0.29, 0.717) is 17.3 Å². The summed E-state index contributed by atoms with van der Waals surface area (Å²) in [6.07, 6.45) is 1.87. The molecule has 2 heterocycles. The maximum atomic E-state index is 12.6. The molecule has 0 aliphatic heterocycles. The number of aromatic nitrogens is 3. The third-order valence-corrected chi connectivity index (χ3v) is 5.48. The number of carbonyl (C=O) groups is 1. The zero-order chi connectivity index (χ0) is 21.2. The summed E-state index contributed by atoms with van der Waals surface area (Å²) < 4.78 is 2.13. The molecule has 0 saturated carbocycles. The second-order valence-corrected chi connectivity index (χ2v) is 7.79. The van der Waals surface area contributed by atoms with Crippen LogP contribution >= 0.6 is 11.6 Å². The topological polar surface area (TPSA) is 59.8 Å². The maximum Gasteiger partial charge on any atom is 0.251 e. The molecular weight excluding hydrogens is 408 g/mol. The number of nitrogens with zero attached hydrogens (tertiary/aromatic N) is 3. The van der Waals surface area contributed by atoms with Crippen LogP contribution < -0.4 is 5.32 Å². The molecule has 3 aromatic carbocycles. The van der Waals surface area contributed by atoms with Crippen molar-refractivity contribution >= 4 is 39.4 Å². The van der Waals surface area contributed by atoms with E-state index in [1.807, 2.05) is 54.9 Å². The number of hydrogen-bond donors (Lipinski definition) is 1. The molecule has 0 atom stereocenters. The first kappa shape index (κ1) is 19.3. The zero-order valence-corrected chi connectivity index (χ0v) is 17.4. The molecule has 0 fully saturated rings. The number of amides is 1. The quantitative estimate of drug-likeness (QED) is 0.392. The van der Waals surface area contributed by atoms with Crippen LogP contribution in [0.15, 0.2) is 85.2 Å². The first-order chi connectivity index (χ1) is 15.2. The summed E-state index contributed by atoms with van der Waals surface area (Å²) in [5, 5.41) is 4.30. The van der Waals surface area contributed by atoms with Gasteiger partial charge in [-0.25, -0.2) is 9.97 Å². The van der Waals surface area contributed by atoms with Crippen molar-refractivity contribution < 1.29 is 4.79 Å². The van der Waals surface area contributed by atoms with Gasteiger partial charge in [0.05, 0.1) is 22.9 Å². The normalized spacial score (nSPS) is 11.1. The van der Waals surface area contributed by atoms with Gasteiger partial charge in [-0.15, -0.1) is 0 Å². The molecular formula is C25H19ClN4O. The van der Waals surface area contributed by atoms with Crippen molar-refractivity contribution in [3.05, 3.63) is 107 Å². The maximum absolute atomic E-state index is 12.6. The summed E-state index contributed by atoms with van der Waals surface area (Å²) in [4.78, 5) is 21.3. The number of nitrogens with one attached hydrogen (secondary N) is 1. The average Bonchev–Trinajstić information content (AvgIpc) is 3.21. The molecule has 6 heteroatoms. The Kier molecular flexibility index (Phi) is 5.10. The van der Waals surface area contributed by atoms with Crippen LogP contribution in [0.1, 0.15) is 21.5 Å². The van der Waals surface area contributed by atoms with Gasteiger partial charge in [-0.05, 0) is 53.6 Å². The van der Waals surface area contributed by atoms with Gasteiger partial charge in [0.25, 0.3) is 5.91 Å². The summed E-state index contributed by atoms with van der Waals surface area (Å²) in [5.74, 6) is -0.120. The molecule has 0 radical (unpaired) electrons. The van der Waals surface area contributed by atoms with Gasteiger partial charge in [-0.3, -0.25) is 4.79 Å². The van der Waals surface area contributed by atoms with Gasteiger partial charge >= 0.3 is 0 Å². The summed E-state index contributed by atoms with van der Waals surface area (Å²) in [6, 6.07) is 25.3. The summed E-state index contributed by atoms with van der Waals surface area (Å²) in [6.45, 7) is 1.21. The zero-order valence-electron chi connectivity index (χ0n) is 16.6. The number of hydrogen-bond acceptors (Lipinski definition) is 3. The number of imidazole rings is 1. The van der Waals surface area contributed by atoms with Gasteiger partial charge in [-0.1, -0.05) is 48.0 Å². The van der Waals surface area contributed by atoms with Crippen molar-refractivity contribution in [1.82, 2.24) is 19.9 Å². The fourth-order valence-corrected chi connectivity index (χ4v) is 3.78. The number of rotatable bonds is 5. The number of carbonyl (C=O) groups excluding carboxylic acids is 1. The molecule has 0 saturated heterocycles. The highest BCUT2D eigenvalue weighted by Crippen LogP contribution is 2.18. The molecule has 0 spiro atoms. The van der Waals surface area contributed by atoms with Gasteiger partial charge in [0.15, 0.2) is 0 Å². The van der Waals surface area contributed by atoms with Crippen LogP contribution in [0.5, 0.6) is 0 Å². The van der Waals surface area contributed by atoms with Crippen LogP contribution in [0.2, 0.25) is 5.15 Å². The van der Waals surface area contributed by atoms with Gasteiger partial charge in [0.1, 0.15) is 5.15 Å². The predicted octanol–water partition coefficient (Wildman–Crippen LogP) is 5.22. The van der Waals surface area contributed by atoms with Crippen molar-refractivity contribution in [2.75, 3.05) is 0 Å². The predicted molar refractivity (Wildman–Crippen MR) is 123 cm³/mol. The summed E-state index contributed by atoms with van der Waals surface area (Å²) in [7, 11) is 0. The lowest BCUT2D eigenvalue weighted by atomic mass is 10.1. The van der Waals surface area contributed by atoms with Crippen molar-refractivity contribution in [2.24, 2.45) is 0 Å². The fraction of sp³-hybridized carbons (Fsp3) is 0.0800. The fourth-order valence-electron chi connectivity index (χ4n) is 3.62. The van der Waals surface area contributed by atoms with Gasteiger partial charge in [0.2, 0.25) is 0 Å². The molecule has 2 aromatic heterocycles. The highest BCUT2D eigenvalue weighted by atomic mass is 35.5. The van der Waals surface area contributed by atoms with Crippen LogP contribution in [-0.4, -0.2) is 20.4 Å². The van der Waals surface area contributed by atoms with Crippen LogP contribution in [-0.2, 0) is 13.1 Å². The highest BCUT2D eigenvalue weighted by Gasteiger charge is 2.08. The number of benzene rings is 3. The van der Waals surface area contributed by atoms with E-state index in [0.717, 1.165) is 34.0 Å². The third-order valence-electron chi connectivity index (χ3n) is 5.27. The monoisotopic (exact) mass is 426 g/mol. The molecule has 31 heavy (non-hydrogen) atoms. The first-order valence-electron chi connectivity index (χ1n) is 9.98. The Morgan fingerprint density at radius 3 is 2.58 bits per heavy atom. The Hall–Kier alpha value is -3.70. The average molecular weight is 427 g/mol. The van der Waals surface area contributed by atoms with Crippen molar-refractivity contribution in [1.29, 1.82) is 0 Å². The van der Waals surface area contributed by atoms with Crippen molar-refractivity contribution in [2.45, 2.75) is 13.1 Å².